The van der Waals surface area contributed by atoms with Crippen molar-refractivity contribution in [2.24, 2.45) is 0 Å². The summed E-state index contributed by atoms with van der Waals surface area (Å²) >= 11 is 0. The smallest absolute Gasteiger partial charge is 0.407 e. The summed E-state index contributed by atoms with van der Waals surface area (Å²) in [5, 5.41) is 2.89. The Labute approximate surface area is 90.3 Å². The number of alkyl carbamates (subject to hydrolysis) is 1. The minimum Gasteiger partial charge on any atom is -0.444 e. The zero-order valence-electron chi connectivity index (χ0n) is 9.58. The van der Waals surface area contributed by atoms with Gasteiger partial charge in [-0.2, -0.15) is 0 Å². The highest BCUT2D eigenvalue weighted by Crippen LogP contribution is 2.36. The third-order valence-corrected chi connectivity index (χ3v) is 2.72. The lowest BCUT2D eigenvalue weighted by molar-refractivity contribution is 0.0495. The third-order valence-electron chi connectivity index (χ3n) is 2.72. The van der Waals surface area contributed by atoms with Crippen molar-refractivity contribution in [2.75, 3.05) is 0 Å². The number of hydrogen-bond acceptors (Lipinski definition) is 3. The van der Waals surface area contributed by atoms with Crippen molar-refractivity contribution in [1.29, 1.82) is 0 Å². The molecule has 2 fully saturated rings. The van der Waals surface area contributed by atoms with Crippen molar-refractivity contribution in [3.05, 3.63) is 0 Å². The standard InChI is InChI=1S/C11H19NO3/c1-11(2,3)15-10(13)12-7-4-5-8-9(6-7)14-8/h7-9H,4-6H2,1-3H3,(H,12,13)/t7?,8-,9+/m1/s1. The molecule has 1 aliphatic carbocycles. The van der Waals surface area contributed by atoms with Crippen LogP contribution in [0.25, 0.3) is 0 Å². The molecule has 0 aromatic rings. The molecule has 1 saturated heterocycles. The molecule has 1 saturated carbocycles. The predicted molar refractivity (Wildman–Crippen MR) is 55.7 cm³/mol. The summed E-state index contributed by atoms with van der Waals surface area (Å²) in [7, 11) is 0. The molecule has 1 heterocycles. The van der Waals surface area contributed by atoms with Crippen molar-refractivity contribution in [3.8, 4) is 0 Å². The van der Waals surface area contributed by atoms with Gasteiger partial charge in [0.15, 0.2) is 0 Å². The van der Waals surface area contributed by atoms with E-state index < -0.39 is 5.60 Å². The topological polar surface area (TPSA) is 50.9 Å². The van der Waals surface area contributed by atoms with Crippen LogP contribution in [0.1, 0.15) is 40.0 Å². The highest BCUT2D eigenvalue weighted by molar-refractivity contribution is 5.68. The number of carbonyl (C=O) groups is 1. The van der Waals surface area contributed by atoms with Gasteiger partial charge in [0.25, 0.3) is 0 Å². The Morgan fingerprint density at radius 3 is 2.67 bits per heavy atom. The molecular weight excluding hydrogens is 194 g/mol. The van der Waals surface area contributed by atoms with Crippen LogP contribution in [0.5, 0.6) is 0 Å². The number of ether oxygens (including phenoxy) is 2. The van der Waals surface area contributed by atoms with Crippen molar-refractivity contribution in [2.45, 2.75) is 63.9 Å². The Morgan fingerprint density at radius 2 is 2.07 bits per heavy atom. The van der Waals surface area contributed by atoms with Crippen LogP contribution in [0.3, 0.4) is 0 Å². The molecule has 0 spiro atoms. The number of nitrogens with one attached hydrogen (secondary N) is 1. The average molecular weight is 213 g/mol. The molecule has 0 aromatic carbocycles. The third kappa shape index (κ3) is 3.09. The van der Waals surface area contributed by atoms with E-state index in [1.54, 1.807) is 0 Å². The normalized spacial score (nSPS) is 34.2. The zero-order chi connectivity index (χ0) is 11.1. The summed E-state index contributed by atoms with van der Waals surface area (Å²) in [4.78, 5) is 11.5. The van der Waals surface area contributed by atoms with Gasteiger partial charge in [0.05, 0.1) is 12.2 Å². The lowest BCUT2D eigenvalue weighted by atomic mass is 9.96. The van der Waals surface area contributed by atoms with Gasteiger partial charge in [0.2, 0.25) is 0 Å². The van der Waals surface area contributed by atoms with Crippen molar-refractivity contribution < 1.29 is 14.3 Å². The maximum Gasteiger partial charge on any atom is 0.407 e. The van der Waals surface area contributed by atoms with E-state index in [0.717, 1.165) is 19.3 Å². The molecule has 1 unspecified atom stereocenters. The molecule has 2 rings (SSSR count). The van der Waals surface area contributed by atoms with E-state index in [2.05, 4.69) is 5.32 Å². The number of rotatable bonds is 1. The molecule has 4 heteroatoms. The number of amides is 1. The molecule has 3 atom stereocenters. The fourth-order valence-electron chi connectivity index (χ4n) is 2.01. The van der Waals surface area contributed by atoms with Crippen LogP contribution < -0.4 is 5.32 Å². The molecular formula is C11H19NO3. The first-order valence-corrected chi connectivity index (χ1v) is 5.59. The second-order valence-electron chi connectivity index (χ2n) is 5.37. The molecule has 0 aromatic heterocycles. The van der Waals surface area contributed by atoms with Gasteiger partial charge in [0.1, 0.15) is 5.60 Å². The highest BCUT2D eigenvalue weighted by atomic mass is 16.6. The van der Waals surface area contributed by atoms with Crippen LogP contribution >= 0.6 is 0 Å². The molecule has 86 valence electrons. The van der Waals surface area contributed by atoms with E-state index in [1.807, 2.05) is 20.8 Å². The Kier molecular flexibility index (Phi) is 2.63. The lowest BCUT2D eigenvalue weighted by Crippen LogP contribution is -2.41. The first-order chi connectivity index (χ1) is 6.94. The van der Waals surface area contributed by atoms with Crippen molar-refractivity contribution >= 4 is 6.09 Å². The van der Waals surface area contributed by atoms with E-state index in [1.165, 1.54) is 0 Å². The van der Waals surface area contributed by atoms with E-state index in [-0.39, 0.29) is 12.1 Å². The first-order valence-electron chi connectivity index (χ1n) is 5.59. The summed E-state index contributed by atoms with van der Waals surface area (Å²) in [6.45, 7) is 5.61. The number of carbonyl (C=O) groups excluding carboxylic acids is 1. The number of epoxide rings is 1. The predicted octanol–water partition coefficient (Wildman–Crippen LogP) is 1.83. The van der Waals surface area contributed by atoms with Gasteiger partial charge in [-0.1, -0.05) is 0 Å². The van der Waals surface area contributed by atoms with Crippen LogP contribution in [0.4, 0.5) is 4.79 Å². The van der Waals surface area contributed by atoms with Crippen molar-refractivity contribution in [1.82, 2.24) is 5.32 Å². The molecule has 0 radical (unpaired) electrons. The number of fused-ring (bicyclic) bond motifs is 1. The van der Waals surface area contributed by atoms with E-state index in [4.69, 9.17) is 9.47 Å². The van der Waals surface area contributed by atoms with Crippen LogP contribution in [0.2, 0.25) is 0 Å². The Bertz CT molecular complexity index is 259. The summed E-state index contributed by atoms with van der Waals surface area (Å²) in [6.07, 6.45) is 3.54. The first kappa shape index (κ1) is 10.7. The summed E-state index contributed by atoms with van der Waals surface area (Å²) in [5.74, 6) is 0. The van der Waals surface area contributed by atoms with Gasteiger partial charge in [-0.05, 0) is 40.0 Å². The number of hydrogen-bond donors (Lipinski definition) is 1. The van der Waals surface area contributed by atoms with Gasteiger partial charge < -0.3 is 14.8 Å². The maximum atomic E-state index is 11.5. The Morgan fingerprint density at radius 1 is 1.33 bits per heavy atom. The summed E-state index contributed by atoms with van der Waals surface area (Å²) < 4.78 is 10.6. The van der Waals surface area contributed by atoms with Gasteiger partial charge in [-0.25, -0.2) is 4.79 Å². The van der Waals surface area contributed by atoms with E-state index >= 15 is 0 Å². The van der Waals surface area contributed by atoms with Crippen LogP contribution in [0, 0.1) is 0 Å². The molecule has 2 aliphatic rings. The average Bonchev–Trinajstić information content (AvgIpc) is 2.77. The zero-order valence-corrected chi connectivity index (χ0v) is 9.58. The fraction of sp³-hybridized carbons (Fsp3) is 0.909. The summed E-state index contributed by atoms with van der Waals surface area (Å²) in [5.41, 5.74) is -0.419. The largest absolute Gasteiger partial charge is 0.444 e. The SMILES string of the molecule is CC(C)(C)OC(=O)NC1CC[C@H]2O[C@H]2C1. The minimum atomic E-state index is -0.419. The van der Waals surface area contributed by atoms with Crippen LogP contribution in [-0.2, 0) is 9.47 Å². The second kappa shape index (κ2) is 3.67. The second-order valence-corrected chi connectivity index (χ2v) is 5.37. The van der Waals surface area contributed by atoms with E-state index in [9.17, 15) is 4.79 Å². The molecule has 1 amide bonds. The van der Waals surface area contributed by atoms with E-state index in [0.29, 0.717) is 12.2 Å². The fourth-order valence-corrected chi connectivity index (χ4v) is 2.01. The highest BCUT2D eigenvalue weighted by Gasteiger charge is 2.44. The molecule has 15 heavy (non-hydrogen) atoms. The summed E-state index contributed by atoms with van der Waals surface area (Å²) in [6, 6.07) is 0.226. The molecule has 0 bridgehead atoms. The van der Waals surface area contributed by atoms with Crippen molar-refractivity contribution in [3.63, 3.8) is 0 Å². The monoisotopic (exact) mass is 213 g/mol. The maximum absolute atomic E-state index is 11.5. The molecule has 1 N–H and O–H groups in total. The Balaban J connectivity index is 1.74. The van der Waals surface area contributed by atoms with Crippen LogP contribution in [-0.4, -0.2) is 29.9 Å². The Hall–Kier alpha value is -0.770. The quantitative estimate of drug-likeness (QED) is 0.676. The molecule has 4 nitrogen and oxygen atoms in total. The van der Waals surface area contributed by atoms with Gasteiger partial charge in [-0.15, -0.1) is 0 Å². The minimum absolute atomic E-state index is 0.226. The lowest BCUT2D eigenvalue weighted by Gasteiger charge is -2.24. The van der Waals surface area contributed by atoms with Gasteiger partial charge in [-0.3, -0.25) is 0 Å². The van der Waals surface area contributed by atoms with Crippen LogP contribution in [0.15, 0.2) is 0 Å². The molecule has 1 aliphatic heterocycles. The van der Waals surface area contributed by atoms with Gasteiger partial charge in [0, 0.05) is 6.04 Å². The van der Waals surface area contributed by atoms with Gasteiger partial charge >= 0.3 is 6.09 Å².